The average Bonchev–Trinajstić information content (AvgIpc) is 3.40. The van der Waals surface area contributed by atoms with Gasteiger partial charge in [0.1, 0.15) is 6.61 Å². The number of imidazole rings is 1. The minimum Gasteiger partial charge on any atom is -0.363 e. The highest BCUT2D eigenvalue weighted by Gasteiger charge is 2.43. The lowest BCUT2D eigenvalue weighted by atomic mass is 9.80. The summed E-state index contributed by atoms with van der Waals surface area (Å²) in [6.07, 6.45) is 7.19. The van der Waals surface area contributed by atoms with Crippen LogP contribution in [0.5, 0.6) is 0 Å². The number of hydrogen-bond donors (Lipinski definition) is 0. The number of piperidine rings is 1. The number of ether oxygens (including phenoxy) is 1. The molecule has 1 aromatic heterocycles. The molecular weight excluding hydrogens is 440 g/mol. The van der Waals surface area contributed by atoms with Crippen molar-refractivity contribution in [3.05, 3.63) is 90.0 Å². The Balaban J connectivity index is 1.19. The van der Waals surface area contributed by atoms with Crippen molar-refractivity contribution in [2.75, 3.05) is 26.2 Å². The second-order valence-corrected chi connectivity index (χ2v) is 9.84. The van der Waals surface area contributed by atoms with Gasteiger partial charge in [-0.15, -0.1) is 0 Å². The number of amides is 2. The molecule has 0 radical (unpaired) electrons. The van der Waals surface area contributed by atoms with Crippen LogP contribution in [0.4, 0.5) is 0 Å². The summed E-state index contributed by atoms with van der Waals surface area (Å²) >= 11 is 0. The molecule has 7 heteroatoms. The topological polar surface area (TPSA) is 67.7 Å². The first-order valence-electron chi connectivity index (χ1n) is 12.3. The van der Waals surface area contributed by atoms with Crippen LogP contribution in [0, 0.1) is 5.92 Å². The predicted molar refractivity (Wildman–Crippen MR) is 133 cm³/mol. The summed E-state index contributed by atoms with van der Waals surface area (Å²) in [6, 6.07) is 17.9. The first-order valence-corrected chi connectivity index (χ1v) is 12.3. The molecule has 2 aliphatic heterocycles. The van der Waals surface area contributed by atoms with Gasteiger partial charge >= 0.3 is 0 Å². The Kier molecular flexibility index (Phi) is 6.68. The number of carbonyl (C=O) groups is 2. The highest BCUT2D eigenvalue weighted by molar-refractivity contribution is 5.94. The van der Waals surface area contributed by atoms with E-state index in [4.69, 9.17) is 4.74 Å². The molecule has 0 aliphatic carbocycles. The van der Waals surface area contributed by atoms with Crippen molar-refractivity contribution in [2.45, 2.75) is 38.5 Å². The molecule has 7 nitrogen and oxygen atoms in total. The van der Waals surface area contributed by atoms with Gasteiger partial charge in [0.15, 0.2) is 0 Å². The number of rotatable bonds is 6. The highest BCUT2D eigenvalue weighted by Crippen LogP contribution is 2.35. The Morgan fingerprint density at radius 2 is 1.83 bits per heavy atom. The lowest BCUT2D eigenvalue weighted by Gasteiger charge is -2.47. The summed E-state index contributed by atoms with van der Waals surface area (Å²) in [7, 11) is 0. The van der Waals surface area contributed by atoms with E-state index in [9.17, 15) is 9.59 Å². The van der Waals surface area contributed by atoms with Crippen molar-refractivity contribution in [3.63, 3.8) is 0 Å². The van der Waals surface area contributed by atoms with E-state index in [2.05, 4.69) is 24.0 Å². The third kappa shape index (κ3) is 5.30. The van der Waals surface area contributed by atoms with Crippen molar-refractivity contribution in [1.82, 2.24) is 19.4 Å². The summed E-state index contributed by atoms with van der Waals surface area (Å²) in [5.74, 6) is 0.409. The van der Waals surface area contributed by atoms with Crippen LogP contribution in [0.3, 0.4) is 0 Å². The van der Waals surface area contributed by atoms with Crippen LogP contribution < -0.4 is 0 Å². The Hall–Kier alpha value is -3.45. The molecule has 2 aliphatic rings. The van der Waals surface area contributed by atoms with E-state index in [0.29, 0.717) is 38.6 Å². The maximum atomic E-state index is 13.2. The standard InChI is InChI=1S/C28H32N4O3/c1-28(20-32(26(33)19-35-28)18-22-6-3-2-4-7-22)25-10-13-31(14-11-25)27(34)24-9-5-8-23(16-24)17-30-15-12-29-21-30/h2-9,12,15-16,21,25H,10-11,13-14,17-20H2,1H3. The molecule has 2 saturated heterocycles. The van der Waals surface area contributed by atoms with E-state index in [0.717, 1.165) is 29.5 Å². The number of carbonyl (C=O) groups excluding carboxylic acids is 2. The maximum Gasteiger partial charge on any atom is 0.253 e. The van der Waals surface area contributed by atoms with Gasteiger partial charge in [-0.25, -0.2) is 4.98 Å². The van der Waals surface area contributed by atoms with Crippen LogP contribution in [-0.4, -0.2) is 63.0 Å². The SMILES string of the molecule is CC1(C2CCN(C(=O)c3cccc(Cn4ccnc4)c3)CC2)CN(Cc2ccccc2)C(=O)CO1. The molecule has 0 N–H and O–H groups in total. The molecule has 1 atom stereocenters. The maximum absolute atomic E-state index is 13.2. The van der Waals surface area contributed by atoms with E-state index < -0.39 is 5.60 Å². The van der Waals surface area contributed by atoms with Gasteiger partial charge in [0, 0.05) is 44.1 Å². The molecule has 5 rings (SSSR count). The van der Waals surface area contributed by atoms with Crippen LogP contribution in [-0.2, 0) is 22.6 Å². The Morgan fingerprint density at radius 3 is 2.57 bits per heavy atom. The third-order valence-corrected chi connectivity index (χ3v) is 7.34. The van der Waals surface area contributed by atoms with Crippen molar-refractivity contribution >= 4 is 11.8 Å². The minimum absolute atomic E-state index is 0.0366. The van der Waals surface area contributed by atoms with Crippen molar-refractivity contribution in [3.8, 4) is 0 Å². The summed E-state index contributed by atoms with van der Waals surface area (Å²) < 4.78 is 8.12. The van der Waals surface area contributed by atoms with Gasteiger partial charge in [-0.2, -0.15) is 0 Å². The second-order valence-electron chi connectivity index (χ2n) is 9.84. The van der Waals surface area contributed by atoms with E-state index in [1.807, 2.05) is 63.0 Å². The Bertz CT molecular complexity index is 1160. The van der Waals surface area contributed by atoms with Crippen LogP contribution in [0.1, 0.15) is 41.3 Å². The van der Waals surface area contributed by atoms with Crippen molar-refractivity contribution in [1.29, 1.82) is 0 Å². The fourth-order valence-electron chi connectivity index (χ4n) is 5.30. The van der Waals surface area contributed by atoms with E-state index in [1.54, 1.807) is 12.5 Å². The van der Waals surface area contributed by atoms with Crippen molar-refractivity contribution < 1.29 is 14.3 Å². The largest absolute Gasteiger partial charge is 0.363 e. The monoisotopic (exact) mass is 472 g/mol. The number of nitrogens with zero attached hydrogens (tertiary/aromatic N) is 4. The Morgan fingerprint density at radius 1 is 1.06 bits per heavy atom. The molecule has 2 aromatic carbocycles. The van der Waals surface area contributed by atoms with E-state index in [-0.39, 0.29) is 18.4 Å². The summed E-state index contributed by atoms with van der Waals surface area (Å²) in [4.78, 5) is 33.7. The molecule has 182 valence electrons. The highest BCUT2D eigenvalue weighted by atomic mass is 16.5. The van der Waals surface area contributed by atoms with Crippen LogP contribution in [0.2, 0.25) is 0 Å². The fourth-order valence-corrected chi connectivity index (χ4v) is 5.30. The number of likely N-dealkylation sites (tertiary alicyclic amines) is 1. The minimum atomic E-state index is -0.400. The number of morpholine rings is 1. The molecule has 2 amide bonds. The van der Waals surface area contributed by atoms with Gasteiger partial charge in [-0.05, 0) is 48.9 Å². The smallest absolute Gasteiger partial charge is 0.253 e. The molecule has 0 saturated carbocycles. The summed E-state index contributed by atoms with van der Waals surface area (Å²) in [5, 5.41) is 0. The zero-order valence-corrected chi connectivity index (χ0v) is 20.2. The molecule has 3 heterocycles. The first kappa shape index (κ1) is 23.3. The molecule has 0 spiro atoms. The average molecular weight is 473 g/mol. The van der Waals surface area contributed by atoms with Crippen LogP contribution >= 0.6 is 0 Å². The van der Waals surface area contributed by atoms with Crippen LogP contribution in [0.25, 0.3) is 0 Å². The lowest BCUT2D eigenvalue weighted by molar-refractivity contribution is -0.173. The number of benzene rings is 2. The zero-order valence-electron chi connectivity index (χ0n) is 20.2. The molecule has 2 fully saturated rings. The zero-order chi connectivity index (χ0) is 24.3. The summed E-state index contributed by atoms with van der Waals surface area (Å²) in [6.45, 7) is 5.51. The van der Waals surface area contributed by atoms with Gasteiger partial charge < -0.3 is 19.1 Å². The molecular formula is C28H32N4O3. The number of aromatic nitrogens is 2. The number of hydrogen-bond acceptors (Lipinski definition) is 4. The van der Waals surface area contributed by atoms with E-state index in [1.165, 1.54) is 0 Å². The third-order valence-electron chi connectivity index (χ3n) is 7.34. The van der Waals surface area contributed by atoms with Crippen LogP contribution in [0.15, 0.2) is 73.3 Å². The second kappa shape index (κ2) is 10.0. The Labute approximate surface area is 206 Å². The van der Waals surface area contributed by atoms with Gasteiger partial charge in [-0.1, -0.05) is 42.5 Å². The first-order chi connectivity index (χ1) is 17.0. The van der Waals surface area contributed by atoms with Gasteiger partial charge in [0.2, 0.25) is 5.91 Å². The molecule has 0 bridgehead atoms. The lowest BCUT2D eigenvalue weighted by Crippen LogP contribution is -2.58. The fraction of sp³-hybridized carbons (Fsp3) is 0.393. The van der Waals surface area contributed by atoms with Crippen molar-refractivity contribution in [2.24, 2.45) is 5.92 Å². The molecule has 3 aromatic rings. The van der Waals surface area contributed by atoms with E-state index >= 15 is 0 Å². The van der Waals surface area contributed by atoms with Gasteiger partial charge in [0.25, 0.3) is 5.91 Å². The molecule has 35 heavy (non-hydrogen) atoms. The normalized spacial score (nSPS) is 21.3. The van der Waals surface area contributed by atoms with Gasteiger partial charge in [0.05, 0.1) is 18.5 Å². The van der Waals surface area contributed by atoms with Gasteiger partial charge in [-0.3, -0.25) is 9.59 Å². The predicted octanol–water partition coefficient (Wildman–Crippen LogP) is 3.60. The molecule has 1 unspecified atom stereocenters. The summed E-state index contributed by atoms with van der Waals surface area (Å²) in [5.41, 5.74) is 2.53. The quantitative estimate of drug-likeness (QED) is 0.550.